The highest BCUT2D eigenvalue weighted by Crippen LogP contribution is 2.37. The van der Waals surface area contributed by atoms with E-state index in [0.29, 0.717) is 5.56 Å². The maximum absolute atomic E-state index is 12.4. The van der Waals surface area contributed by atoms with Crippen molar-refractivity contribution in [2.75, 3.05) is 19.5 Å². The van der Waals surface area contributed by atoms with Crippen molar-refractivity contribution in [2.45, 2.75) is 0 Å². The summed E-state index contributed by atoms with van der Waals surface area (Å²) in [4.78, 5) is 12.4. The first kappa shape index (κ1) is 19.4. The number of halogens is 2. The number of phenols is 1. The average molecular weight is 393 g/mol. The zero-order chi connectivity index (χ0) is 19.3. The van der Waals surface area contributed by atoms with Crippen molar-refractivity contribution in [3.8, 4) is 23.3 Å². The summed E-state index contributed by atoms with van der Waals surface area (Å²) >= 11 is 11.9. The van der Waals surface area contributed by atoms with Gasteiger partial charge < -0.3 is 19.9 Å². The quantitative estimate of drug-likeness (QED) is 0.585. The first-order valence-electron chi connectivity index (χ1n) is 7.23. The minimum Gasteiger partial charge on any atom is -0.502 e. The molecule has 8 heteroatoms. The molecule has 0 spiro atoms. The highest BCUT2D eigenvalue weighted by Gasteiger charge is 2.15. The van der Waals surface area contributed by atoms with Crippen LogP contribution in [0.5, 0.6) is 17.2 Å². The number of methoxy groups -OCH3 is 2. The van der Waals surface area contributed by atoms with E-state index in [1.807, 2.05) is 6.07 Å². The van der Waals surface area contributed by atoms with Gasteiger partial charge in [0.25, 0.3) is 5.91 Å². The van der Waals surface area contributed by atoms with E-state index in [1.165, 1.54) is 32.4 Å². The Balaban J connectivity index is 2.37. The van der Waals surface area contributed by atoms with Gasteiger partial charge in [-0.2, -0.15) is 5.26 Å². The Morgan fingerprint density at radius 2 is 1.85 bits per heavy atom. The van der Waals surface area contributed by atoms with Crippen LogP contribution in [-0.2, 0) is 4.79 Å². The van der Waals surface area contributed by atoms with Gasteiger partial charge in [0.2, 0.25) is 5.75 Å². The number of nitriles is 1. The minimum absolute atomic E-state index is 0.145. The monoisotopic (exact) mass is 392 g/mol. The normalized spacial score (nSPS) is 10.8. The SMILES string of the molecule is COc1cc(/C=C(\C#N)C(=O)Nc2cccc(Cl)c2Cl)cc(OC)c1O. The molecule has 2 aromatic carbocycles. The van der Waals surface area contributed by atoms with Gasteiger partial charge in [-0.1, -0.05) is 29.3 Å². The second-order valence-electron chi connectivity index (χ2n) is 5.00. The molecule has 1 amide bonds. The number of carbonyl (C=O) groups is 1. The maximum atomic E-state index is 12.4. The van der Waals surface area contributed by atoms with Gasteiger partial charge >= 0.3 is 0 Å². The first-order valence-corrected chi connectivity index (χ1v) is 7.99. The summed E-state index contributed by atoms with van der Waals surface area (Å²) in [7, 11) is 2.75. The second kappa shape index (κ2) is 8.48. The van der Waals surface area contributed by atoms with Gasteiger partial charge in [-0.05, 0) is 35.9 Å². The minimum atomic E-state index is -0.664. The number of hydrogen-bond acceptors (Lipinski definition) is 5. The molecule has 0 aromatic heterocycles. The summed E-state index contributed by atoms with van der Waals surface area (Å²) in [6.45, 7) is 0. The standard InChI is InChI=1S/C18H14Cl2N2O4/c1-25-14-7-10(8-15(26-2)17(14)23)6-11(9-21)18(24)22-13-5-3-4-12(19)16(13)20/h3-8,23H,1-2H3,(H,22,24)/b11-6+. The fourth-order valence-electron chi connectivity index (χ4n) is 2.10. The van der Waals surface area contributed by atoms with Crippen LogP contribution in [0.15, 0.2) is 35.9 Å². The van der Waals surface area contributed by atoms with Gasteiger partial charge in [0.05, 0.1) is 30.0 Å². The Labute approximate surface area is 160 Å². The molecule has 0 saturated carbocycles. The molecule has 6 nitrogen and oxygen atoms in total. The summed E-state index contributed by atoms with van der Waals surface area (Å²) in [6.07, 6.45) is 1.33. The topological polar surface area (TPSA) is 91.6 Å². The van der Waals surface area contributed by atoms with E-state index in [4.69, 9.17) is 32.7 Å². The van der Waals surface area contributed by atoms with Crippen LogP contribution in [0.3, 0.4) is 0 Å². The number of rotatable bonds is 5. The van der Waals surface area contributed by atoms with E-state index in [1.54, 1.807) is 18.2 Å². The van der Waals surface area contributed by atoms with Crippen LogP contribution in [0.1, 0.15) is 5.56 Å². The van der Waals surface area contributed by atoms with Gasteiger partial charge in [0, 0.05) is 0 Å². The molecule has 0 bridgehead atoms. The lowest BCUT2D eigenvalue weighted by Gasteiger charge is -2.10. The fraction of sp³-hybridized carbons (Fsp3) is 0.111. The lowest BCUT2D eigenvalue weighted by atomic mass is 10.1. The van der Waals surface area contributed by atoms with E-state index in [9.17, 15) is 15.2 Å². The molecule has 2 rings (SSSR count). The van der Waals surface area contributed by atoms with Crippen molar-refractivity contribution >= 4 is 40.9 Å². The molecule has 0 unspecified atom stereocenters. The number of anilines is 1. The Morgan fingerprint density at radius 1 is 1.23 bits per heavy atom. The number of nitrogens with zero attached hydrogens (tertiary/aromatic N) is 1. The van der Waals surface area contributed by atoms with Crippen molar-refractivity contribution in [3.63, 3.8) is 0 Å². The summed E-state index contributed by atoms with van der Waals surface area (Å²) in [5.74, 6) is -0.555. The molecule has 134 valence electrons. The van der Waals surface area contributed by atoms with Crippen molar-refractivity contribution in [1.29, 1.82) is 5.26 Å². The molecular formula is C18H14Cl2N2O4. The third kappa shape index (κ3) is 4.20. The molecular weight excluding hydrogens is 379 g/mol. The van der Waals surface area contributed by atoms with Gasteiger partial charge in [-0.15, -0.1) is 0 Å². The second-order valence-corrected chi connectivity index (χ2v) is 5.78. The molecule has 0 fully saturated rings. The summed E-state index contributed by atoms with van der Waals surface area (Å²) in [5.41, 5.74) is 0.530. The van der Waals surface area contributed by atoms with E-state index in [2.05, 4.69) is 5.32 Å². The maximum Gasteiger partial charge on any atom is 0.266 e. The molecule has 0 atom stereocenters. The third-order valence-corrected chi connectivity index (χ3v) is 4.20. The van der Waals surface area contributed by atoms with Crippen LogP contribution < -0.4 is 14.8 Å². The van der Waals surface area contributed by atoms with Crippen LogP contribution in [0.2, 0.25) is 10.0 Å². The number of benzene rings is 2. The number of aromatic hydroxyl groups is 1. The number of carbonyl (C=O) groups excluding carboxylic acids is 1. The van der Waals surface area contributed by atoms with Crippen molar-refractivity contribution < 1.29 is 19.4 Å². The van der Waals surface area contributed by atoms with Gasteiger partial charge in [0.15, 0.2) is 11.5 Å². The Bertz CT molecular complexity index is 895. The molecule has 0 saturated heterocycles. The number of nitrogens with one attached hydrogen (secondary N) is 1. The Morgan fingerprint density at radius 3 is 2.38 bits per heavy atom. The predicted molar refractivity (Wildman–Crippen MR) is 99.9 cm³/mol. The number of ether oxygens (including phenoxy) is 2. The van der Waals surface area contributed by atoms with E-state index in [0.717, 1.165) is 0 Å². The van der Waals surface area contributed by atoms with Gasteiger partial charge in [-0.3, -0.25) is 4.79 Å². The lowest BCUT2D eigenvalue weighted by molar-refractivity contribution is -0.112. The highest BCUT2D eigenvalue weighted by atomic mass is 35.5. The van der Waals surface area contributed by atoms with Crippen LogP contribution in [0, 0.1) is 11.3 Å². The zero-order valence-electron chi connectivity index (χ0n) is 13.8. The molecule has 0 aliphatic carbocycles. The average Bonchev–Trinajstić information content (AvgIpc) is 2.64. The molecule has 2 N–H and O–H groups in total. The summed E-state index contributed by atoms with van der Waals surface area (Å²) in [5, 5.41) is 22.2. The fourth-order valence-corrected chi connectivity index (χ4v) is 2.45. The molecule has 0 radical (unpaired) electrons. The van der Waals surface area contributed by atoms with Crippen molar-refractivity contribution in [1.82, 2.24) is 0 Å². The van der Waals surface area contributed by atoms with E-state index < -0.39 is 5.91 Å². The van der Waals surface area contributed by atoms with Crippen LogP contribution >= 0.6 is 23.2 Å². The van der Waals surface area contributed by atoms with Crippen LogP contribution in [0.4, 0.5) is 5.69 Å². The highest BCUT2D eigenvalue weighted by molar-refractivity contribution is 6.44. The molecule has 26 heavy (non-hydrogen) atoms. The smallest absolute Gasteiger partial charge is 0.266 e. The number of hydrogen-bond donors (Lipinski definition) is 2. The zero-order valence-corrected chi connectivity index (χ0v) is 15.4. The molecule has 2 aromatic rings. The number of amides is 1. The molecule has 0 aliphatic heterocycles. The van der Waals surface area contributed by atoms with Gasteiger partial charge in [-0.25, -0.2) is 0 Å². The summed E-state index contributed by atoms with van der Waals surface area (Å²) in [6, 6.07) is 9.52. The van der Waals surface area contributed by atoms with Crippen LogP contribution in [-0.4, -0.2) is 25.2 Å². The molecule has 0 heterocycles. The third-order valence-electron chi connectivity index (χ3n) is 3.38. The molecule has 0 aliphatic rings. The Hall–Kier alpha value is -2.88. The first-order chi connectivity index (χ1) is 12.4. The van der Waals surface area contributed by atoms with Gasteiger partial charge in [0.1, 0.15) is 11.6 Å². The Kier molecular flexibility index (Phi) is 6.34. The van der Waals surface area contributed by atoms with Crippen molar-refractivity contribution in [2.24, 2.45) is 0 Å². The van der Waals surface area contributed by atoms with E-state index >= 15 is 0 Å². The van der Waals surface area contributed by atoms with E-state index in [-0.39, 0.29) is 38.6 Å². The lowest BCUT2D eigenvalue weighted by Crippen LogP contribution is -2.13. The largest absolute Gasteiger partial charge is 0.502 e. The van der Waals surface area contributed by atoms with Crippen molar-refractivity contribution in [3.05, 3.63) is 51.5 Å². The predicted octanol–water partition coefficient (Wildman–Crippen LogP) is 4.26. The summed E-state index contributed by atoms with van der Waals surface area (Å²) < 4.78 is 10.1. The van der Waals surface area contributed by atoms with Crippen LogP contribution in [0.25, 0.3) is 6.08 Å². The number of phenolic OH excluding ortho intramolecular Hbond substituents is 1.